The van der Waals surface area contributed by atoms with Gasteiger partial charge in [-0.05, 0) is 57.7 Å². The summed E-state index contributed by atoms with van der Waals surface area (Å²) in [6.45, 7) is 14.4. The summed E-state index contributed by atoms with van der Waals surface area (Å²) in [5.74, 6) is 0. The standard InChI is InChI=1S/C14H30N2/c1-5-9-15-13(2)7-11-16-10-6-8-14(3,4)12-16/h13,15H,5-12H2,1-4H3. The van der Waals surface area contributed by atoms with Crippen molar-refractivity contribution in [1.29, 1.82) is 0 Å². The van der Waals surface area contributed by atoms with Gasteiger partial charge in [0.15, 0.2) is 0 Å². The SMILES string of the molecule is CCCNC(C)CCN1CCCC(C)(C)C1. The van der Waals surface area contributed by atoms with Crippen molar-refractivity contribution in [2.45, 2.75) is 59.4 Å². The van der Waals surface area contributed by atoms with E-state index in [0.717, 1.165) is 6.54 Å². The Balaban J connectivity index is 2.17. The molecule has 1 rings (SSSR count). The number of nitrogens with zero attached hydrogens (tertiary/aromatic N) is 1. The normalized spacial score (nSPS) is 23.2. The lowest BCUT2D eigenvalue weighted by Crippen LogP contribution is -2.42. The predicted octanol–water partition coefficient (Wildman–Crippen LogP) is 2.89. The molecule has 0 amide bonds. The molecule has 0 aromatic heterocycles. The average molecular weight is 226 g/mol. The number of nitrogens with one attached hydrogen (secondary N) is 1. The molecule has 0 aromatic carbocycles. The Morgan fingerprint density at radius 1 is 1.38 bits per heavy atom. The van der Waals surface area contributed by atoms with Gasteiger partial charge < -0.3 is 10.2 Å². The van der Waals surface area contributed by atoms with Crippen LogP contribution in [-0.2, 0) is 0 Å². The minimum Gasteiger partial charge on any atom is -0.314 e. The highest BCUT2D eigenvalue weighted by Gasteiger charge is 2.25. The summed E-state index contributed by atoms with van der Waals surface area (Å²) >= 11 is 0. The van der Waals surface area contributed by atoms with Crippen molar-refractivity contribution in [2.24, 2.45) is 5.41 Å². The number of hydrogen-bond acceptors (Lipinski definition) is 2. The molecule has 1 aliphatic rings. The highest BCUT2D eigenvalue weighted by atomic mass is 15.1. The third-order valence-corrected chi connectivity index (χ3v) is 3.60. The Bertz CT molecular complexity index is 189. The molecule has 0 aromatic rings. The number of piperidine rings is 1. The molecule has 96 valence electrons. The van der Waals surface area contributed by atoms with E-state index < -0.39 is 0 Å². The second kappa shape index (κ2) is 6.61. The first-order valence-electron chi connectivity index (χ1n) is 6.99. The minimum absolute atomic E-state index is 0.540. The molecule has 2 heteroatoms. The van der Waals surface area contributed by atoms with E-state index >= 15 is 0 Å². The van der Waals surface area contributed by atoms with Gasteiger partial charge in [0.1, 0.15) is 0 Å². The van der Waals surface area contributed by atoms with Crippen molar-refractivity contribution >= 4 is 0 Å². The number of rotatable bonds is 6. The average Bonchev–Trinajstić information content (AvgIpc) is 2.22. The summed E-state index contributed by atoms with van der Waals surface area (Å²) in [4.78, 5) is 2.65. The summed E-state index contributed by atoms with van der Waals surface area (Å²) in [6.07, 6.45) is 5.30. The van der Waals surface area contributed by atoms with Gasteiger partial charge in [-0.25, -0.2) is 0 Å². The molecule has 1 atom stereocenters. The van der Waals surface area contributed by atoms with Crippen molar-refractivity contribution in [3.8, 4) is 0 Å². The third-order valence-electron chi connectivity index (χ3n) is 3.60. The van der Waals surface area contributed by atoms with E-state index in [0.29, 0.717) is 11.5 Å². The number of likely N-dealkylation sites (tertiary alicyclic amines) is 1. The van der Waals surface area contributed by atoms with Gasteiger partial charge >= 0.3 is 0 Å². The molecule has 2 nitrogen and oxygen atoms in total. The fraction of sp³-hybridized carbons (Fsp3) is 1.00. The lowest BCUT2D eigenvalue weighted by molar-refractivity contribution is 0.114. The first kappa shape index (κ1) is 14.0. The van der Waals surface area contributed by atoms with Crippen LogP contribution in [0.1, 0.15) is 53.4 Å². The molecular weight excluding hydrogens is 196 g/mol. The Hall–Kier alpha value is -0.0800. The Morgan fingerprint density at radius 3 is 2.75 bits per heavy atom. The Morgan fingerprint density at radius 2 is 2.12 bits per heavy atom. The van der Waals surface area contributed by atoms with Crippen LogP contribution in [-0.4, -0.2) is 37.1 Å². The van der Waals surface area contributed by atoms with Crippen LogP contribution in [0.2, 0.25) is 0 Å². The Labute approximate surface area is 102 Å². The zero-order chi connectivity index (χ0) is 12.0. The molecule has 1 fully saturated rings. The van der Waals surface area contributed by atoms with Crippen LogP contribution in [0, 0.1) is 5.41 Å². The van der Waals surface area contributed by atoms with Crippen molar-refractivity contribution in [3.63, 3.8) is 0 Å². The van der Waals surface area contributed by atoms with Crippen molar-refractivity contribution in [1.82, 2.24) is 10.2 Å². The summed E-state index contributed by atoms with van der Waals surface area (Å²) in [6, 6.07) is 0.671. The van der Waals surface area contributed by atoms with E-state index in [9.17, 15) is 0 Å². The minimum atomic E-state index is 0.540. The lowest BCUT2D eigenvalue weighted by Gasteiger charge is -2.38. The van der Waals surface area contributed by atoms with Gasteiger partial charge in [0.2, 0.25) is 0 Å². The summed E-state index contributed by atoms with van der Waals surface area (Å²) in [5.41, 5.74) is 0.540. The smallest absolute Gasteiger partial charge is 0.00508 e. The van der Waals surface area contributed by atoms with Crippen LogP contribution in [0.25, 0.3) is 0 Å². The largest absolute Gasteiger partial charge is 0.314 e. The second-order valence-corrected chi connectivity index (χ2v) is 6.19. The van der Waals surface area contributed by atoms with Gasteiger partial charge in [-0.2, -0.15) is 0 Å². The third kappa shape index (κ3) is 5.31. The van der Waals surface area contributed by atoms with Crippen molar-refractivity contribution in [3.05, 3.63) is 0 Å². The molecule has 0 spiro atoms. The summed E-state index contributed by atoms with van der Waals surface area (Å²) in [7, 11) is 0. The maximum Gasteiger partial charge on any atom is 0.00508 e. The monoisotopic (exact) mass is 226 g/mol. The molecule has 1 unspecified atom stereocenters. The van der Waals surface area contributed by atoms with Gasteiger partial charge in [-0.3, -0.25) is 0 Å². The topological polar surface area (TPSA) is 15.3 Å². The van der Waals surface area contributed by atoms with Crippen molar-refractivity contribution < 1.29 is 0 Å². The van der Waals surface area contributed by atoms with Crippen molar-refractivity contribution in [2.75, 3.05) is 26.2 Å². The van der Waals surface area contributed by atoms with Gasteiger partial charge in [0, 0.05) is 12.6 Å². The fourth-order valence-electron chi connectivity index (χ4n) is 2.60. The summed E-state index contributed by atoms with van der Waals surface area (Å²) in [5, 5.41) is 3.57. The van der Waals surface area contributed by atoms with E-state index in [1.807, 2.05) is 0 Å². The molecule has 0 saturated carbocycles. The zero-order valence-electron chi connectivity index (χ0n) is 11.7. The van der Waals surface area contributed by atoms with Crippen LogP contribution >= 0.6 is 0 Å². The molecule has 1 saturated heterocycles. The first-order valence-corrected chi connectivity index (χ1v) is 6.99. The summed E-state index contributed by atoms with van der Waals surface area (Å²) < 4.78 is 0. The first-order chi connectivity index (χ1) is 7.53. The quantitative estimate of drug-likeness (QED) is 0.749. The second-order valence-electron chi connectivity index (χ2n) is 6.19. The van der Waals surface area contributed by atoms with Gasteiger partial charge in [-0.1, -0.05) is 20.8 Å². The highest BCUT2D eigenvalue weighted by Crippen LogP contribution is 2.28. The number of hydrogen-bond donors (Lipinski definition) is 1. The van der Waals surface area contributed by atoms with Crippen LogP contribution in [0.15, 0.2) is 0 Å². The van der Waals surface area contributed by atoms with E-state index in [1.165, 1.54) is 45.3 Å². The molecule has 1 heterocycles. The Kier molecular flexibility index (Phi) is 5.77. The molecular formula is C14H30N2. The molecule has 1 aliphatic heterocycles. The van der Waals surface area contributed by atoms with Crippen LogP contribution in [0.4, 0.5) is 0 Å². The molecule has 16 heavy (non-hydrogen) atoms. The van der Waals surface area contributed by atoms with Crippen LogP contribution in [0.5, 0.6) is 0 Å². The van der Waals surface area contributed by atoms with E-state index in [4.69, 9.17) is 0 Å². The molecule has 0 radical (unpaired) electrons. The maximum atomic E-state index is 3.57. The predicted molar refractivity (Wildman–Crippen MR) is 71.8 cm³/mol. The van der Waals surface area contributed by atoms with E-state index in [-0.39, 0.29) is 0 Å². The zero-order valence-corrected chi connectivity index (χ0v) is 11.7. The fourth-order valence-corrected chi connectivity index (χ4v) is 2.60. The maximum absolute atomic E-state index is 3.57. The molecule has 0 aliphatic carbocycles. The van der Waals surface area contributed by atoms with Gasteiger partial charge in [-0.15, -0.1) is 0 Å². The molecule has 1 N–H and O–H groups in total. The highest BCUT2D eigenvalue weighted by molar-refractivity contribution is 4.80. The van der Waals surface area contributed by atoms with Crippen LogP contribution in [0.3, 0.4) is 0 Å². The lowest BCUT2D eigenvalue weighted by atomic mass is 9.84. The van der Waals surface area contributed by atoms with Gasteiger partial charge in [0.25, 0.3) is 0 Å². The van der Waals surface area contributed by atoms with E-state index in [2.05, 4.69) is 37.9 Å². The van der Waals surface area contributed by atoms with E-state index in [1.54, 1.807) is 0 Å². The van der Waals surface area contributed by atoms with Gasteiger partial charge in [0.05, 0.1) is 0 Å². The molecule has 0 bridgehead atoms. The van der Waals surface area contributed by atoms with Crippen LogP contribution < -0.4 is 5.32 Å².